The van der Waals surface area contributed by atoms with Gasteiger partial charge < -0.3 is 15.0 Å². The summed E-state index contributed by atoms with van der Waals surface area (Å²) in [5.74, 6) is 0.952. The monoisotopic (exact) mass is 467 g/mol. The molecule has 5 nitrogen and oxygen atoms in total. The highest BCUT2D eigenvalue weighted by molar-refractivity contribution is 14.1. The summed E-state index contributed by atoms with van der Waals surface area (Å²) in [6.07, 6.45) is 1.98. The van der Waals surface area contributed by atoms with Crippen molar-refractivity contribution in [1.29, 1.82) is 0 Å². The molecule has 1 amide bonds. The van der Waals surface area contributed by atoms with E-state index in [1.165, 1.54) is 0 Å². The van der Waals surface area contributed by atoms with E-state index in [2.05, 4.69) is 43.9 Å². The average Bonchev–Trinajstić information content (AvgIpc) is 3.05. The maximum absolute atomic E-state index is 12.1. The Morgan fingerprint density at radius 3 is 3.04 bits per heavy atom. The van der Waals surface area contributed by atoms with Crippen molar-refractivity contribution in [3.8, 4) is 5.75 Å². The van der Waals surface area contributed by atoms with Gasteiger partial charge in [-0.2, -0.15) is 0 Å². The largest absolute Gasteiger partial charge is 0.487 e. The predicted molar refractivity (Wildman–Crippen MR) is 107 cm³/mol. The predicted octanol–water partition coefficient (Wildman–Crippen LogP) is 4.22. The molecule has 1 saturated carbocycles. The van der Waals surface area contributed by atoms with E-state index in [9.17, 15) is 4.79 Å². The van der Waals surface area contributed by atoms with Gasteiger partial charge in [0.2, 0.25) is 5.91 Å². The molecule has 1 aromatic carbocycles. The van der Waals surface area contributed by atoms with Crippen LogP contribution in [0.1, 0.15) is 31.2 Å². The van der Waals surface area contributed by atoms with E-state index in [-0.39, 0.29) is 11.3 Å². The molecule has 1 aliphatic carbocycles. The Balaban J connectivity index is 1.47. The number of hydrogen-bond donors (Lipinski definition) is 2. The van der Waals surface area contributed by atoms with E-state index in [0.717, 1.165) is 44.5 Å². The van der Waals surface area contributed by atoms with Crippen LogP contribution in [0.15, 0.2) is 29.1 Å². The van der Waals surface area contributed by atoms with Gasteiger partial charge in [-0.05, 0) is 47.6 Å². The Labute approximate surface area is 163 Å². The second-order valence-electron chi connectivity index (χ2n) is 6.64. The first-order valence-electron chi connectivity index (χ1n) is 8.13. The molecule has 0 atom stereocenters. The Kier molecular flexibility index (Phi) is 4.45. The molecule has 0 saturated heterocycles. The summed E-state index contributed by atoms with van der Waals surface area (Å²) >= 11 is 3.89. The van der Waals surface area contributed by atoms with Gasteiger partial charge in [-0.25, -0.2) is 4.98 Å². The van der Waals surface area contributed by atoms with Crippen molar-refractivity contribution in [2.45, 2.75) is 32.9 Å². The van der Waals surface area contributed by atoms with Crippen molar-refractivity contribution in [1.82, 2.24) is 15.3 Å². The van der Waals surface area contributed by atoms with Crippen LogP contribution in [0, 0.1) is 8.99 Å². The lowest BCUT2D eigenvalue weighted by Crippen LogP contribution is -2.30. The molecular weight excluding hydrogens is 449 g/mol. The number of benzene rings is 1. The number of halogens is 1. The van der Waals surface area contributed by atoms with Crippen molar-refractivity contribution >= 4 is 50.7 Å². The average molecular weight is 467 g/mol. The normalized spacial score (nSPS) is 15.3. The van der Waals surface area contributed by atoms with Crippen LogP contribution < -0.4 is 10.1 Å². The number of H-pyrrole nitrogens is 1. The molecule has 0 bridgehead atoms. The lowest BCUT2D eigenvalue weighted by Gasteiger charge is -2.09. The summed E-state index contributed by atoms with van der Waals surface area (Å²) in [4.78, 5) is 19.8. The van der Waals surface area contributed by atoms with Crippen LogP contribution in [0.2, 0.25) is 0 Å². The Hall–Kier alpha value is -1.61. The Morgan fingerprint density at radius 1 is 1.48 bits per heavy atom. The summed E-state index contributed by atoms with van der Waals surface area (Å²) in [6.45, 7) is 3.01. The van der Waals surface area contributed by atoms with Crippen LogP contribution in [0.25, 0.3) is 10.9 Å². The highest BCUT2D eigenvalue weighted by atomic mass is 127. The van der Waals surface area contributed by atoms with Crippen molar-refractivity contribution in [2.75, 3.05) is 0 Å². The third-order valence-electron chi connectivity index (χ3n) is 4.62. The van der Waals surface area contributed by atoms with Gasteiger partial charge in [0.25, 0.3) is 0 Å². The standard InChI is InChI=1S/C18H18IN3O2S/c1-18(4-5-18)17(23)20-7-15-16(19)13-3-2-12(6-14(13)22-15)24-8-11-9-25-10-21-11/h2-3,6,9-10,22H,4-5,7-8H2,1H3,(H,20,23). The molecule has 0 aliphatic heterocycles. The molecule has 130 valence electrons. The van der Waals surface area contributed by atoms with Crippen molar-refractivity contribution in [2.24, 2.45) is 5.41 Å². The molecule has 2 N–H and O–H groups in total. The summed E-state index contributed by atoms with van der Waals surface area (Å²) in [6, 6.07) is 6.02. The molecule has 7 heteroatoms. The number of fused-ring (bicyclic) bond motifs is 1. The number of aromatic nitrogens is 2. The van der Waals surface area contributed by atoms with Crippen LogP contribution in [0.3, 0.4) is 0 Å². The zero-order valence-electron chi connectivity index (χ0n) is 13.8. The van der Waals surface area contributed by atoms with Crippen LogP contribution in [0.5, 0.6) is 5.75 Å². The number of carbonyl (C=O) groups excluding carboxylic acids is 1. The van der Waals surface area contributed by atoms with Gasteiger partial charge in [-0.3, -0.25) is 4.79 Å². The summed E-state index contributed by atoms with van der Waals surface area (Å²) in [5, 5.41) is 6.17. The third-order valence-corrected chi connectivity index (χ3v) is 6.49. The van der Waals surface area contributed by atoms with E-state index in [1.807, 2.05) is 24.4 Å². The molecule has 1 fully saturated rings. The topological polar surface area (TPSA) is 67.0 Å². The highest BCUT2D eigenvalue weighted by Gasteiger charge is 2.44. The molecule has 0 radical (unpaired) electrons. The number of carbonyl (C=O) groups is 1. The van der Waals surface area contributed by atoms with Gasteiger partial charge in [0.15, 0.2) is 0 Å². The van der Waals surface area contributed by atoms with Crippen molar-refractivity contribution in [3.05, 3.63) is 44.0 Å². The third kappa shape index (κ3) is 3.52. The number of thiazole rings is 1. The van der Waals surface area contributed by atoms with Gasteiger partial charge in [0.1, 0.15) is 12.4 Å². The summed E-state index contributed by atoms with van der Waals surface area (Å²) < 4.78 is 6.95. The zero-order valence-corrected chi connectivity index (χ0v) is 16.7. The van der Waals surface area contributed by atoms with E-state index in [4.69, 9.17) is 4.74 Å². The fourth-order valence-electron chi connectivity index (χ4n) is 2.67. The Morgan fingerprint density at radius 2 is 2.32 bits per heavy atom. The molecule has 1 aliphatic rings. The molecule has 0 spiro atoms. The SMILES string of the molecule is CC1(C(=O)NCc2[nH]c3cc(OCc4cscn4)ccc3c2I)CC1. The number of hydrogen-bond acceptors (Lipinski definition) is 4. The maximum Gasteiger partial charge on any atom is 0.226 e. The van der Waals surface area contributed by atoms with E-state index >= 15 is 0 Å². The molecule has 25 heavy (non-hydrogen) atoms. The van der Waals surface area contributed by atoms with Crippen LogP contribution in [-0.4, -0.2) is 15.9 Å². The molecule has 0 unspecified atom stereocenters. The molecule has 2 aromatic heterocycles. The van der Waals surface area contributed by atoms with Crippen molar-refractivity contribution in [3.63, 3.8) is 0 Å². The second-order valence-corrected chi connectivity index (χ2v) is 8.43. The Bertz CT molecular complexity index is 916. The fraction of sp³-hybridized carbons (Fsp3) is 0.333. The maximum atomic E-state index is 12.1. The number of amides is 1. The van der Waals surface area contributed by atoms with Crippen molar-refractivity contribution < 1.29 is 9.53 Å². The van der Waals surface area contributed by atoms with Crippen LogP contribution in [0.4, 0.5) is 0 Å². The molecule has 3 aromatic rings. The second kappa shape index (κ2) is 6.60. The highest BCUT2D eigenvalue weighted by Crippen LogP contribution is 2.45. The van der Waals surface area contributed by atoms with Gasteiger partial charge in [0, 0.05) is 31.5 Å². The molecule has 2 heterocycles. The number of nitrogens with one attached hydrogen (secondary N) is 2. The van der Waals surface area contributed by atoms with E-state index in [1.54, 1.807) is 16.8 Å². The minimum Gasteiger partial charge on any atom is -0.487 e. The zero-order chi connectivity index (χ0) is 17.4. The smallest absolute Gasteiger partial charge is 0.226 e. The fourth-order valence-corrected chi connectivity index (χ4v) is 4.01. The minimum atomic E-state index is -0.145. The van der Waals surface area contributed by atoms with Gasteiger partial charge in [0.05, 0.1) is 23.3 Å². The van der Waals surface area contributed by atoms with Crippen LogP contribution in [-0.2, 0) is 17.9 Å². The lowest BCUT2D eigenvalue weighted by molar-refractivity contribution is -0.125. The first-order valence-corrected chi connectivity index (χ1v) is 10.2. The van der Waals surface area contributed by atoms with E-state index in [0.29, 0.717) is 13.2 Å². The first-order chi connectivity index (χ1) is 12.0. The van der Waals surface area contributed by atoms with Gasteiger partial charge in [-0.1, -0.05) is 6.92 Å². The first kappa shape index (κ1) is 16.8. The lowest BCUT2D eigenvalue weighted by atomic mass is 10.1. The van der Waals surface area contributed by atoms with Crippen LogP contribution >= 0.6 is 33.9 Å². The van der Waals surface area contributed by atoms with E-state index < -0.39 is 0 Å². The number of rotatable bonds is 6. The van der Waals surface area contributed by atoms with Gasteiger partial charge >= 0.3 is 0 Å². The van der Waals surface area contributed by atoms with Gasteiger partial charge in [-0.15, -0.1) is 11.3 Å². The number of nitrogens with zero attached hydrogens (tertiary/aromatic N) is 1. The number of aromatic amines is 1. The summed E-state index contributed by atoms with van der Waals surface area (Å²) in [5.41, 5.74) is 4.64. The minimum absolute atomic E-state index is 0.145. The molecule has 4 rings (SSSR count). The quantitative estimate of drug-likeness (QED) is 0.534. The summed E-state index contributed by atoms with van der Waals surface area (Å²) in [7, 11) is 0. The number of ether oxygens (including phenoxy) is 1. The molecular formula is C18H18IN3O2S.